The summed E-state index contributed by atoms with van der Waals surface area (Å²) in [4.78, 5) is 11.5. The van der Waals surface area contributed by atoms with Crippen molar-refractivity contribution in [3.8, 4) is 0 Å². The molecule has 1 unspecified atom stereocenters. The van der Waals surface area contributed by atoms with E-state index in [9.17, 15) is 4.79 Å². The van der Waals surface area contributed by atoms with Crippen LogP contribution in [0.1, 0.15) is 26.7 Å². The van der Waals surface area contributed by atoms with E-state index in [1.807, 2.05) is 7.05 Å². The van der Waals surface area contributed by atoms with E-state index in [-0.39, 0.29) is 6.04 Å². The summed E-state index contributed by atoms with van der Waals surface area (Å²) in [5, 5.41) is 3.07. The lowest BCUT2D eigenvalue weighted by Gasteiger charge is -2.18. The Hall–Kier alpha value is -0.370. The molecule has 1 N–H and O–H groups in total. The summed E-state index contributed by atoms with van der Waals surface area (Å²) in [5.74, 6) is 1.23. The van der Waals surface area contributed by atoms with Crippen LogP contribution in [0.25, 0.3) is 0 Å². The quantitative estimate of drug-likeness (QED) is 0.661. The molecule has 11 heavy (non-hydrogen) atoms. The number of nitrogens with one attached hydrogen (secondary N) is 1. The first kappa shape index (κ1) is 8.72. The van der Waals surface area contributed by atoms with Gasteiger partial charge < -0.3 is 5.32 Å². The summed E-state index contributed by atoms with van der Waals surface area (Å²) in [7, 11) is 1.87. The third-order valence-electron chi connectivity index (χ3n) is 2.26. The molecule has 1 fully saturated rings. The minimum Gasteiger partial charge on any atom is -0.310 e. The molecule has 2 heteroatoms. The highest BCUT2D eigenvalue weighted by atomic mass is 16.1. The molecule has 2 nitrogen and oxygen atoms in total. The fourth-order valence-corrected chi connectivity index (χ4v) is 1.43. The fraction of sp³-hybridized carbons (Fsp3) is 0.889. The van der Waals surface area contributed by atoms with Crippen LogP contribution in [0.4, 0.5) is 0 Å². The Bertz CT molecular complexity index is 150. The molecule has 0 spiro atoms. The first-order valence-corrected chi connectivity index (χ1v) is 4.37. The second-order valence-electron chi connectivity index (χ2n) is 3.69. The van der Waals surface area contributed by atoms with Crippen LogP contribution in [0.5, 0.6) is 0 Å². The van der Waals surface area contributed by atoms with Crippen molar-refractivity contribution in [2.24, 2.45) is 11.8 Å². The first-order chi connectivity index (χ1) is 5.16. The van der Waals surface area contributed by atoms with Gasteiger partial charge >= 0.3 is 0 Å². The summed E-state index contributed by atoms with van der Waals surface area (Å²) in [5.41, 5.74) is 0. The monoisotopic (exact) mass is 155 g/mol. The Morgan fingerprint density at radius 3 is 2.27 bits per heavy atom. The van der Waals surface area contributed by atoms with E-state index in [2.05, 4.69) is 19.2 Å². The Morgan fingerprint density at radius 1 is 1.45 bits per heavy atom. The highest BCUT2D eigenvalue weighted by Crippen LogP contribution is 2.31. The normalized spacial score (nSPS) is 20.4. The molecule has 1 aliphatic rings. The van der Waals surface area contributed by atoms with Crippen LogP contribution in [0.3, 0.4) is 0 Å². The maximum atomic E-state index is 11.5. The molecule has 0 aromatic rings. The van der Waals surface area contributed by atoms with Crippen molar-refractivity contribution >= 4 is 5.78 Å². The molecule has 0 aliphatic heterocycles. The van der Waals surface area contributed by atoms with Gasteiger partial charge in [0, 0.05) is 5.92 Å². The molecule has 64 valence electrons. The zero-order valence-electron chi connectivity index (χ0n) is 7.55. The Morgan fingerprint density at radius 2 is 2.00 bits per heavy atom. The predicted octanol–water partition coefficient (Wildman–Crippen LogP) is 1.21. The van der Waals surface area contributed by atoms with Crippen LogP contribution in [-0.2, 0) is 4.79 Å². The molecule has 0 aromatic heterocycles. The highest BCUT2D eigenvalue weighted by Gasteiger charge is 2.35. The van der Waals surface area contributed by atoms with Crippen molar-refractivity contribution in [1.82, 2.24) is 5.32 Å². The van der Waals surface area contributed by atoms with Crippen LogP contribution in [0.15, 0.2) is 0 Å². The fourth-order valence-electron chi connectivity index (χ4n) is 1.43. The molecular weight excluding hydrogens is 138 g/mol. The van der Waals surface area contributed by atoms with Crippen LogP contribution in [0.2, 0.25) is 0 Å². The van der Waals surface area contributed by atoms with Crippen LogP contribution in [0, 0.1) is 11.8 Å². The average molecular weight is 155 g/mol. The zero-order valence-corrected chi connectivity index (χ0v) is 7.55. The SMILES string of the molecule is CNC(C(=O)C1CC1)C(C)C. The molecule has 1 atom stereocenters. The van der Waals surface area contributed by atoms with E-state index in [1.54, 1.807) is 0 Å². The third-order valence-corrected chi connectivity index (χ3v) is 2.26. The van der Waals surface area contributed by atoms with E-state index < -0.39 is 0 Å². The average Bonchev–Trinajstić information content (AvgIpc) is 2.68. The van der Waals surface area contributed by atoms with Crippen molar-refractivity contribution in [3.05, 3.63) is 0 Å². The third kappa shape index (κ3) is 2.03. The Labute approximate surface area is 68.4 Å². The minimum atomic E-state index is 0.0856. The largest absolute Gasteiger partial charge is 0.310 e. The van der Waals surface area contributed by atoms with Crippen molar-refractivity contribution < 1.29 is 4.79 Å². The Kier molecular flexibility index (Phi) is 2.66. The number of carbonyl (C=O) groups is 1. The molecule has 0 aromatic carbocycles. The van der Waals surface area contributed by atoms with Crippen molar-refractivity contribution in [2.75, 3.05) is 7.05 Å². The highest BCUT2D eigenvalue weighted by molar-refractivity contribution is 5.88. The van der Waals surface area contributed by atoms with E-state index in [0.29, 0.717) is 17.6 Å². The zero-order chi connectivity index (χ0) is 8.43. The molecule has 0 bridgehead atoms. The Balaban J connectivity index is 2.45. The molecule has 0 saturated heterocycles. The smallest absolute Gasteiger partial charge is 0.153 e. The summed E-state index contributed by atoms with van der Waals surface area (Å²) in [6.07, 6.45) is 2.23. The molecule has 0 radical (unpaired) electrons. The molecule has 1 saturated carbocycles. The topological polar surface area (TPSA) is 29.1 Å². The number of ketones is 1. The molecular formula is C9H17NO. The van der Waals surface area contributed by atoms with E-state index in [4.69, 9.17) is 0 Å². The summed E-state index contributed by atoms with van der Waals surface area (Å²) >= 11 is 0. The van der Waals surface area contributed by atoms with Gasteiger partial charge in [-0.25, -0.2) is 0 Å². The molecule has 0 heterocycles. The van der Waals surface area contributed by atoms with Crippen molar-refractivity contribution in [1.29, 1.82) is 0 Å². The number of hydrogen-bond donors (Lipinski definition) is 1. The summed E-state index contributed by atoms with van der Waals surface area (Å²) < 4.78 is 0. The summed E-state index contributed by atoms with van der Waals surface area (Å²) in [6, 6.07) is 0.0856. The number of Topliss-reactive ketones (excluding diaryl/α,β-unsaturated/α-hetero) is 1. The van der Waals surface area contributed by atoms with Gasteiger partial charge in [-0.1, -0.05) is 13.8 Å². The lowest BCUT2D eigenvalue weighted by Crippen LogP contribution is -2.39. The van der Waals surface area contributed by atoms with Gasteiger partial charge in [0.1, 0.15) is 0 Å². The van der Waals surface area contributed by atoms with Gasteiger partial charge in [0.05, 0.1) is 6.04 Å². The van der Waals surface area contributed by atoms with Gasteiger partial charge in [-0.2, -0.15) is 0 Å². The van der Waals surface area contributed by atoms with Gasteiger partial charge in [0.15, 0.2) is 5.78 Å². The second kappa shape index (κ2) is 3.35. The number of hydrogen-bond acceptors (Lipinski definition) is 2. The lowest BCUT2D eigenvalue weighted by molar-refractivity contribution is -0.123. The van der Waals surface area contributed by atoms with Crippen LogP contribution < -0.4 is 5.32 Å². The molecule has 0 amide bonds. The van der Waals surface area contributed by atoms with Gasteiger partial charge in [-0.3, -0.25) is 4.79 Å². The van der Waals surface area contributed by atoms with Crippen LogP contribution in [-0.4, -0.2) is 18.9 Å². The molecule has 1 rings (SSSR count). The van der Waals surface area contributed by atoms with E-state index >= 15 is 0 Å². The van der Waals surface area contributed by atoms with Gasteiger partial charge in [-0.05, 0) is 25.8 Å². The number of carbonyl (C=O) groups excluding carboxylic acids is 1. The van der Waals surface area contributed by atoms with Crippen LogP contribution >= 0.6 is 0 Å². The minimum absolute atomic E-state index is 0.0856. The standard InChI is InChI=1S/C9H17NO/c1-6(2)8(10-3)9(11)7-4-5-7/h6-8,10H,4-5H2,1-3H3. The van der Waals surface area contributed by atoms with Gasteiger partial charge in [0.25, 0.3) is 0 Å². The van der Waals surface area contributed by atoms with E-state index in [1.165, 1.54) is 0 Å². The van der Waals surface area contributed by atoms with Gasteiger partial charge in [-0.15, -0.1) is 0 Å². The van der Waals surface area contributed by atoms with Gasteiger partial charge in [0.2, 0.25) is 0 Å². The maximum Gasteiger partial charge on any atom is 0.153 e. The predicted molar refractivity (Wildman–Crippen MR) is 45.4 cm³/mol. The second-order valence-corrected chi connectivity index (χ2v) is 3.69. The van der Waals surface area contributed by atoms with E-state index in [0.717, 1.165) is 12.8 Å². The summed E-state index contributed by atoms with van der Waals surface area (Å²) in [6.45, 7) is 4.17. The van der Waals surface area contributed by atoms with Crippen molar-refractivity contribution in [2.45, 2.75) is 32.7 Å². The number of rotatable bonds is 4. The first-order valence-electron chi connectivity index (χ1n) is 4.37. The van der Waals surface area contributed by atoms with Crippen molar-refractivity contribution in [3.63, 3.8) is 0 Å². The number of likely N-dealkylation sites (N-methyl/N-ethyl adjacent to an activating group) is 1. The maximum absolute atomic E-state index is 11.5. The lowest BCUT2D eigenvalue weighted by atomic mass is 9.97. The molecule has 1 aliphatic carbocycles.